The number of piperidine rings is 1. The number of hydrogen-bond acceptors (Lipinski definition) is 5. The highest BCUT2D eigenvalue weighted by Crippen LogP contribution is 2.31. The molecule has 1 unspecified atom stereocenters. The molecule has 0 amide bonds. The third-order valence-electron chi connectivity index (χ3n) is 5.36. The van der Waals surface area contributed by atoms with Crippen LogP contribution in [0.3, 0.4) is 0 Å². The Morgan fingerprint density at radius 3 is 2.75 bits per heavy atom. The predicted molar refractivity (Wildman–Crippen MR) is 105 cm³/mol. The van der Waals surface area contributed by atoms with Crippen LogP contribution in [0.25, 0.3) is 11.0 Å². The number of benzene rings is 1. The molecule has 28 heavy (non-hydrogen) atoms. The van der Waals surface area contributed by atoms with Gasteiger partial charge in [-0.05, 0) is 32.3 Å². The molecule has 8 heteroatoms. The van der Waals surface area contributed by atoms with Gasteiger partial charge in [0.25, 0.3) is 5.92 Å². The van der Waals surface area contributed by atoms with Gasteiger partial charge in [0.1, 0.15) is 12.1 Å². The molecule has 4 rings (SSSR count). The van der Waals surface area contributed by atoms with Gasteiger partial charge in [-0.1, -0.05) is 29.8 Å². The Kier molecular flexibility index (Phi) is 4.97. The quantitative estimate of drug-likeness (QED) is 0.704. The highest BCUT2D eigenvalue weighted by molar-refractivity contribution is 5.88. The molecule has 148 valence electrons. The summed E-state index contributed by atoms with van der Waals surface area (Å²) in [5.74, 6) is -2.44. The second-order valence-corrected chi connectivity index (χ2v) is 7.53. The van der Waals surface area contributed by atoms with E-state index in [4.69, 9.17) is 0 Å². The molecule has 1 aliphatic rings. The van der Waals surface area contributed by atoms with Gasteiger partial charge in [0.15, 0.2) is 5.65 Å². The van der Waals surface area contributed by atoms with Gasteiger partial charge in [0, 0.05) is 18.8 Å². The van der Waals surface area contributed by atoms with Gasteiger partial charge in [-0.3, -0.25) is 10.00 Å². The third-order valence-corrected chi connectivity index (χ3v) is 5.36. The van der Waals surface area contributed by atoms with Crippen molar-refractivity contribution in [3.05, 3.63) is 47.4 Å². The standard InChI is InChI=1S/C20H24F2N6/c1-13-3-5-15(6-4-13)7-9-28-10-8-16(20(21,22)11-28)25-18-17-14(2)26-27-19(17)24-12-23-18/h3-6,12,16H,7-11H2,1-2H3,(H2,23,24,25,26,27). The van der Waals surface area contributed by atoms with Crippen molar-refractivity contribution in [3.8, 4) is 0 Å². The first-order valence-corrected chi connectivity index (χ1v) is 9.50. The number of aromatic amines is 1. The smallest absolute Gasteiger partial charge is 0.280 e. The minimum Gasteiger partial charge on any atom is -0.360 e. The molecule has 6 nitrogen and oxygen atoms in total. The molecule has 1 fully saturated rings. The normalized spacial score (nSPS) is 19.8. The average Bonchev–Trinajstić information content (AvgIpc) is 3.05. The number of H-pyrrole nitrogens is 1. The van der Waals surface area contributed by atoms with Gasteiger partial charge in [-0.15, -0.1) is 0 Å². The van der Waals surface area contributed by atoms with Crippen LogP contribution in [0, 0.1) is 13.8 Å². The van der Waals surface area contributed by atoms with Crippen LogP contribution in [-0.2, 0) is 6.42 Å². The summed E-state index contributed by atoms with van der Waals surface area (Å²) >= 11 is 0. The first-order chi connectivity index (χ1) is 13.4. The Hall–Kier alpha value is -2.61. The molecule has 0 spiro atoms. The minimum atomic E-state index is -2.85. The summed E-state index contributed by atoms with van der Waals surface area (Å²) < 4.78 is 29.7. The lowest BCUT2D eigenvalue weighted by molar-refractivity contribution is -0.0734. The summed E-state index contributed by atoms with van der Waals surface area (Å²) in [5.41, 5.74) is 3.62. The van der Waals surface area contributed by atoms with Crippen LogP contribution in [0.2, 0.25) is 0 Å². The molecule has 1 saturated heterocycles. The van der Waals surface area contributed by atoms with Gasteiger partial charge in [0.05, 0.1) is 18.0 Å². The largest absolute Gasteiger partial charge is 0.360 e. The minimum absolute atomic E-state index is 0.255. The summed E-state index contributed by atoms with van der Waals surface area (Å²) in [6, 6.07) is 7.28. The van der Waals surface area contributed by atoms with Gasteiger partial charge in [-0.2, -0.15) is 5.10 Å². The lowest BCUT2D eigenvalue weighted by atomic mass is 9.99. The molecule has 2 aromatic heterocycles. The number of likely N-dealkylation sites (tertiary alicyclic amines) is 1. The number of nitrogens with one attached hydrogen (secondary N) is 2. The number of alkyl halides is 2. The molecule has 0 radical (unpaired) electrons. The van der Waals surface area contributed by atoms with E-state index in [1.807, 2.05) is 18.7 Å². The van der Waals surface area contributed by atoms with Crippen molar-refractivity contribution in [1.29, 1.82) is 0 Å². The zero-order valence-corrected chi connectivity index (χ0v) is 16.0. The van der Waals surface area contributed by atoms with E-state index in [1.54, 1.807) is 0 Å². The number of fused-ring (bicyclic) bond motifs is 1. The maximum absolute atomic E-state index is 14.8. The van der Waals surface area contributed by atoms with Gasteiger partial charge < -0.3 is 5.32 Å². The fourth-order valence-corrected chi connectivity index (χ4v) is 3.69. The fraction of sp³-hybridized carbons (Fsp3) is 0.450. The van der Waals surface area contributed by atoms with E-state index >= 15 is 0 Å². The summed E-state index contributed by atoms with van der Waals surface area (Å²) in [7, 11) is 0. The molecule has 0 bridgehead atoms. The van der Waals surface area contributed by atoms with Crippen LogP contribution >= 0.6 is 0 Å². The van der Waals surface area contributed by atoms with Crippen molar-refractivity contribution < 1.29 is 8.78 Å². The van der Waals surface area contributed by atoms with Crippen molar-refractivity contribution in [2.45, 2.75) is 38.7 Å². The van der Waals surface area contributed by atoms with Crippen LogP contribution in [0.1, 0.15) is 23.2 Å². The predicted octanol–water partition coefficient (Wildman–Crippen LogP) is 3.33. The van der Waals surface area contributed by atoms with Crippen molar-refractivity contribution >= 4 is 16.9 Å². The zero-order valence-electron chi connectivity index (χ0n) is 16.0. The molecule has 1 atom stereocenters. The Morgan fingerprint density at radius 2 is 2.00 bits per heavy atom. The van der Waals surface area contributed by atoms with Crippen molar-refractivity contribution in [2.24, 2.45) is 0 Å². The number of anilines is 1. The highest BCUT2D eigenvalue weighted by atomic mass is 19.3. The average molecular weight is 386 g/mol. The number of aryl methyl sites for hydroxylation is 2. The maximum Gasteiger partial charge on any atom is 0.280 e. The number of nitrogens with zero attached hydrogens (tertiary/aromatic N) is 4. The second-order valence-electron chi connectivity index (χ2n) is 7.53. The van der Waals surface area contributed by atoms with Crippen LogP contribution in [0.15, 0.2) is 30.6 Å². The van der Waals surface area contributed by atoms with Crippen LogP contribution < -0.4 is 5.32 Å². The van der Waals surface area contributed by atoms with Crippen molar-refractivity contribution in [3.63, 3.8) is 0 Å². The molecule has 0 aliphatic carbocycles. The highest BCUT2D eigenvalue weighted by Gasteiger charge is 2.44. The summed E-state index contributed by atoms with van der Waals surface area (Å²) in [6.45, 7) is 4.87. The van der Waals surface area contributed by atoms with Crippen LogP contribution in [0.5, 0.6) is 0 Å². The number of aromatic nitrogens is 4. The molecule has 2 N–H and O–H groups in total. The Labute approximate surface area is 162 Å². The van der Waals surface area contributed by atoms with E-state index < -0.39 is 12.0 Å². The van der Waals surface area contributed by atoms with Gasteiger partial charge in [0.2, 0.25) is 0 Å². The van der Waals surface area contributed by atoms with Crippen molar-refractivity contribution in [1.82, 2.24) is 25.1 Å². The molecule has 0 saturated carbocycles. The first kappa shape index (κ1) is 18.7. The summed E-state index contributed by atoms with van der Waals surface area (Å²) in [4.78, 5) is 10.1. The van der Waals surface area contributed by atoms with Crippen molar-refractivity contribution in [2.75, 3.05) is 25.0 Å². The van der Waals surface area contributed by atoms with Gasteiger partial charge >= 0.3 is 0 Å². The first-order valence-electron chi connectivity index (χ1n) is 9.50. The third kappa shape index (κ3) is 3.82. The lowest BCUT2D eigenvalue weighted by Gasteiger charge is -2.38. The monoisotopic (exact) mass is 386 g/mol. The molecule has 3 aromatic rings. The van der Waals surface area contributed by atoms with Gasteiger partial charge in [-0.25, -0.2) is 18.7 Å². The van der Waals surface area contributed by atoms with E-state index in [2.05, 4.69) is 49.7 Å². The van der Waals surface area contributed by atoms with E-state index in [9.17, 15) is 8.78 Å². The molecule has 3 heterocycles. The summed E-state index contributed by atoms with van der Waals surface area (Å²) in [6.07, 6.45) is 2.47. The Morgan fingerprint density at radius 1 is 1.21 bits per heavy atom. The number of hydrogen-bond donors (Lipinski definition) is 2. The van der Waals surface area contributed by atoms with Crippen LogP contribution in [-0.4, -0.2) is 56.7 Å². The Balaban J connectivity index is 1.41. The lowest BCUT2D eigenvalue weighted by Crippen LogP contribution is -2.54. The number of rotatable bonds is 5. The number of halogens is 2. The van der Waals surface area contributed by atoms with Crippen LogP contribution in [0.4, 0.5) is 14.6 Å². The molecular weight excluding hydrogens is 362 g/mol. The maximum atomic E-state index is 14.8. The van der Waals surface area contributed by atoms with E-state index in [0.29, 0.717) is 36.4 Å². The molecule has 1 aromatic carbocycles. The topological polar surface area (TPSA) is 69.7 Å². The fourth-order valence-electron chi connectivity index (χ4n) is 3.69. The summed E-state index contributed by atoms with van der Waals surface area (Å²) in [5, 5.41) is 10.5. The van der Waals surface area contributed by atoms with E-state index in [1.165, 1.54) is 17.5 Å². The molecular formula is C20H24F2N6. The zero-order chi connectivity index (χ0) is 19.7. The second kappa shape index (κ2) is 7.43. The van der Waals surface area contributed by atoms with E-state index in [-0.39, 0.29) is 6.54 Å². The SMILES string of the molecule is Cc1ccc(CCN2CCC(Nc3ncnc4n[nH]c(C)c34)C(F)(F)C2)cc1. The Bertz CT molecular complexity index is 953. The van der Waals surface area contributed by atoms with E-state index in [0.717, 1.165) is 12.1 Å². The molecule has 1 aliphatic heterocycles.